The van der Waals surface area contributed by atoms with Crippen LogP contribution in [0.1, 0.15) is 21.6 Å². The van der Waals surface area contributed by atoms with Crippen LogP contribution in [0.15, 0.2) is 36.4 Å². The predicted molar refractivity (Wildman–Crippen MR) is 103 cm³/mol. The molecule has 2 aromatic carbocycles. The Kier molecular flexibility index (Phi) is 4.39. The van der Waals surface area contributed by atoms with E-state index in [0.29, 0.717) is 30.2 Å². The van der Waals surface area contributed by atoms with E-state index in [1.165, 1.54) is 10.9 Å². The molecule has 1 aliphatic rings. The molecule has 0 saturated carbocycles. The molecule has 0 saturated heterocycles. The van der Waals surface area contributed by atoms with Gasteiger partial charge in [-0.05, 0) is 42.3 Å². The fourth-order valence-corrected chi connectivity index (χ4v) is 3.63. The average molecular weight is 366 g/mol. The van der Waals surface area contributed by atoms with E-state index < -0.39 is 0 Å². The lowest BCUT2D eigenvalue weighted by Gasteiger charge is -2.27. The normalized spacial score (nSPS) is 13.4. The van der Waals surface area contributed by atoms with Crippen LogP contribution in [-0.4, -0.2) is 43.7 Å². The number of hydrogen-bond donors (Lipinski definition) is 1. The lowest BCUT2D eigenvalue weighted by Crippen LogP contribution is -2.35. The number of amides is 1. The van der Waals surface area contributed by atoms with E-state index in [4.69, 9.17) is 14.2 Å². The van der Waals surface area contributed by atoms with E-state index in [1.807, 2.05) is 17.0 Å². The minimum atomic E-state index is -0.0333. The molecule has 1 aromatic heterocycles. The van der Waals surface area contributed by atoms with Crippen LogP contribution in [0, 0.1) is 0 Å². The third-order valence-corrected chi connectivity index (χ3v) is 5.07. The molecule has 6 nitrogen and oxygen atoms in total. The number of carbonyl (C=O) groups is 1. The number of nitrogens with one attached hydrogen (secondary N) is 1. The highest BCUT2D eigenvalue weighted by molar-refractivity contribution is 5.95. The van der Waals surface area contributed by atoms with Crippen molar-refractivity contribution in [1.29, 1.82) is 0 Å². The van der Waals surface area contributed by atoms with E-state index in [2.05, 4.69) is 11.1 Å². The van der Waals surface area contributed by atoms with Gasteiger partial charge in [0.2, 0.25) is 0 Å². The molecule has 1 N–H and O–H groups in total. The SMILES string of the molecule is COc1cc(OC)cc(C(=O)N2CCc3c([nH]c4ccc(OC)cc34)C2)c1. The summed E-state index contributed by atoms with van der Waals surface area (Å²) in [4.78, 5) is 18.3. The second-order valence-electron chi connectivity index (χ2n) is 6.57. The third-order valence-electron chi connectivity index (χ3n) is 5.07. The van der Waals surface area contributed by atoms with Crippen molar-refractivity contribution >= 4 is 16.8 Å². The maximum Gasteiger partial charge on any atom is 0.254 e. The van der Waals surface area contributed by atoms with Crippen LogP contribution >= 0.6 is 0 Å². The predicted octanol–water partition coefficient (Wildman–Crippen LogP) is 3.39. The summed E-state index contributed by atoms with van der Waals surface area (Å²) in [6.45, 7) is 1.21. The van der Waals surface area contributed by atoms with Crippen LogP contribution in [0.5, 0.6) is 17.2 Å². The van der Waals surface area contributed by atoms with Crippen molar-refractivity contribution in [2.45, 2.75) is 13.0 Å². The summed E-state index contributed by atoms with van der Waals surface area (Å²) in [6.07, 6.45) is 0.801. The van der Waals surface area contributed by atoms with Gasteiger partial charge in [-0.3, -0.25) is 4.79 Å². The van der Waals surface area contributed by atoms with Crippen LogP contribution in [-0.2, 0) is 13.0 Å². The van der Waals surface area contributed by atoms with Gasteiger partial charge in [0, 0.05) is 34.8 Å². The summed E-state index contributed by atoms with van der Waals surface area (Å²) in [6, 6.07) is 11.3. The maximum absolute atomic E-state index is 13.0. The number of benzene rings is 2. The second kappa shape index (κ2) is 6.87. The molecule has 27 heavy (non-hydrogen) atoms. The van der Waals surface area contributed by atoms with Crippen molar-refractivity contribution in [3.63, 3.8) is 0 Å². The minimum absolute atomic E-state index is 0.0333. The molecule has 3 aromatic rings. The summed E-state index contributed by atoms with van der Waals surface area (Å²) in [5.74, 6) is 2.02. The molecular formula is C21H22N2O4. The highest BCUT2D eigenvalue weighted by atomic mass is 16.5. The molecule has 0 unspecified atom stereocenters. The number of aromatic amines is 1. The number of aromatic nitrogens is 1. The van der Waals surface area contributed by atoms with Gasteiger partial charge in [0.05, 0.1) is 27.9 Å². The smallest absolute Gasteiger partial charge is 0.254 e. The van der Waals surface area contributed by atoms with Gasteiger partial charge in [0.1, 0.15) is 17.2 Å². The first-order valence-corrected chi connectivity index (χ1v) is 8.82. The number of carbonyl (C=O) groups excluding carboxylic acids is 1. The Morgan fingerprint density at radius 3 is 2.33 bits per heavy atom. The quantitative estimate of drug-likeness (QED) is 0.769. The summed E-state index contributed by atoms with van der Waals surface area (Å²) in [5.41, 5.74) is 3.97. The van der Waals surface area contributed by atoms with Gasteiger partial charge in [-0.1, -0.05) is 0 Å². The van der Waals surface area contributed by atoms with Crippen LogP contribution in [0.2, 0.25) is 0 Å². The van der Waals surface area contributed by atoms with E-state index >= 15 is 0 Å². The highest BCUT2D eigenvalue weighted by Crippen LogP contribution is 2.31. The summed E-state index contributed by atoms with van der Waals surface area (Å²) in [5, 5.41) is 1.17. The Morgan fingerprint density at radius 2 is 1.67 bits per heavy atom. The molecule has 0 spiro atoms. The van der Waals surface area contributed by atoms with E-state index in [0.717, 1.165) is 23.4 Å². The monoisotopic (exact) mass is 366 g/mol. The lowest BCUT2D eigenvalue weighted by atomic mass is 10.0. The number of fused-ring (bicyclic) bond motifs is 3. The highest BCUT2D eigenvalue weighted by Gasteiger charge is 2.25. The molecular weight excluding hydrogens is 344 g/mol. The summed E-state index contributed by atoms with van der Waals surface area (Å²) >= 11 is 0. The van der Waals surface area contributed by atoms with Crippen molar-refractivity contribution in [3.8, 4) is 17.2 Å². The van der Waals surface area contributed by atoms with Crippen molar-refractivity contribution in [2.75, 3.05) is 27.9 Å². The van der Waals surface area contributed by atoms with Gasteiger partial charge in [-0.25, -0.2) is 0 Å². The summed E-state index contributed by atoms with van der Waals surface area (Å²) in [7, 11) is 4.83. The van der Waals surface area contributed by atoms with Crippen LogP contribution < -0.4 is 14.2 Å². The molecule has 2 heterocycles. The van der Waals surface area contributed by atoms with Gasteiger partial charge in [0.25, 0.3) is 5.91 Å². The molecule has 0 atom stereocenters. The first-order valence-electron chi connectivity index (χ1n) is 8.82. The van der Waals surface area contributed by atoms with Crippen LogP contribution in [0.3, 0.4) is 0 Å². The number of ether oxygens (including phenoxy) is 3. The Bertz CT molecular complexity index is 987. The zero-order valence-corrected chi connectivity index (χ0v) is 15.7. The molecule has 0 radical (unpaired) electrons. The van der Waals surface area contributed by atoms with E-state index in [9.17, 15) is 4.79 Å². The zero-order chi connectivity index (χ0) is 19.0. The first-order chi connectivity index (χ1) is 13.1. The van der Waals surface area contributed by atoms with Crippen LogP contribution in [0.25, 0.3) is 10.9 Å². The zero-order valence-electron chi connectivity index (χ0n) is 15.7. The standard InChI is InChI=1S/C21H22N2O4/c1-25-14-4-5-19-18(11-14)17-6-7-23(12-20(17)22-19)21(24)13-8-15(26-2)10-16(9-13)27-3/h4-5,8-11,22H,6-7,12H2,1-3H3. The van der Waals surface area contributed by atoms with E-state index in [1.54, 1.807) is 39.5 Å². The average Bonchev–Trinajstić information content (AvgIpc) is 3.09. The van der Waals surface area contributed by atoms with Gasteiger partial charge >= 0.3 is 0 Å². The van der Waals surface area contributed by atoms with Gasteiger partial charge in [-0.15, -0.1) is 0 Å². The van der Waals surface area contributed by atoms with Crippen LogP contribution in [0.4, 0.5) is 0 Å². The number of H-pyrrole nitrogens is 1. The molecule has 1 amide bonds. The fourth-order valence-electron chi connectivity index (χ4n) is 3.63. The molecule has 0 aliphatic carbocycles. The number of rotatable bonds is 4. The lowest BCUT2D eigenvalue weighted by molar-refractivity contribution is 0.0732. The minimum Gasteiger partial charge on any atom is -0.497 e. The van der Waals surface area contributed by atoms with Crippen molar-refractivity contribution in [2.24, 2.45) is 0 Å². The number of nitrogens with zero attached hydrogens (tertiary/aromatic N) is 1. The molecule has 6 heteroatoms. The molecule has 140 valence electrons. The van der Waals surface area contributed by atoms with Crippen molar-refractivity contribution in [3.05, 3.63) is 53.2 Å². The molecule has 4 rings (SSSR count). The first kappa shape index (κ1) is 17.3. The maximum atomic E-state index is 13.0. The Morgan fingerprint density at radius 1 is 0.963 bits per heavy atom. The molecule has 1 aliphatic heterocycles. The third kappa shape index (κ3) is 3.07. The van der Waals surface area contributed by atoms with E-state index in [-0.39, 0.29) is 5.91 Å². The Hall–Kier alpha value is -3.15. The largest absolute Gasteiger partial charge is 0.497 e. The fraction of sp³-hybridized carbons (Fsp3) is 0.286. The van der Waals surface area contributed by atoms with Gasteiger partial charge in [0.15, 0.2) is 0 Å². The Labute approximate surface area is 157 Å². The number of methoxy groups -OCH3 is 3. The topological polar surface area (TPSA) is 63.8 Å². The molecule has 0 fully saturated rings. The molecule has 0 bridgehead atoms. The van der Waals surface area contributed by atoms with Crippen molar-refractivity contribution in [1.82, 2.24) is 9.88 Å². The Balaban J connectivity index is 1.64. The number of hydrogen-bond acceptors (Lipinski definition) is 4. The van der Waals surface area contributed by atoms with Gasteiger partial charge < -0.3 is 24.1 Å². The van der Waals surface area contributed by atoms with Crippen molar-refractivity contribution < 1.29 is 19.0 Å². The summed E-state index contributed by atoms with van der Waals surface area (Å²) < 4.78 is 15.9. The van der Waals surface area contributed by atoms with Gasteiger partial charge in [-0.2, -0.15) is 0 Å². The second-order valence-corrected chi connectivity index (χ2v) is 6.57.